The molecule has 0 aliphatic carbocycles. The number of benzene rings is 1. The smallest absolute Gasteiger partial charge is 0.184 e. The van der Waals surface area contributed by atoms with E-state index in [1.165, 1.54) is 22.3 Å². The largest absolute Gasteiger partial charge is 0.376 e. The van der Waals surface area contributed by atoms with Gasteiger partial charge in [0, 0.05) is 13.5 Å². The molecule has 0 aromatic heterocycles. The van der Waals surface area contributed by atoms with E-state index in [0.29, 0.717) is 13.2 Å². The number of methoxy groups -OCH3 is 1. The predicted molar refractivity (Wildman–Crippen MR) is 79.3 cm³/mol. The first-order chi connectivity index (χ1) is 10.1. The topological polar surface area (TPSA) is 36.9 Å². The van der Waals surface area contributed by atoms with Crippen molar-refractivity contribution in [1.29, 1.82) is 0 Å². The van der Waals surface area contributed by atoms with E-state index in [9.17, 15) is 0 Å². The Morgan fingerprint density at radius 1 is 1.14 bits per heavy atom. The van der Waals surface area contributed by atoms with Gasteiger partial charge in [0.05, 0.1) is 19.3 Å². The first-order valence-corrected chi connectivity index (χ1v) is 7.56. The van der Waals surface area contributed by atoms with Crippen molar-refractivity contribution in [3.05, 3.63) is 34.4 Å². The van der Waals surface area contributed by atoms with Gasteiger partial charge < -0.3 is 18.9 Å². The third kappa shape index (κ3) is 2.99. The summed E-state index contributed by atoms with van der Waals surface area (Å²) in [6, 6.07) is 4.41. The molecule has 4 atom stereocenters. The van der Waals surface area contributed by atoms with Gasteiger partial charge in [0.15, 0.2) is 6.29 Å². The fourth-order valence-corrected chi connectivity index (χ4v) is 3.33. The molecule has 0 spiro atoms. The summed E-state index contributed by atoms with van der Waals surface area (Å²) in [4.78, 5) is 0. The highest BCUT2D eigenvalue weighted by Gasteiger charge is 2.44. The molecule has 0 N–H and O–H groups in total. The highest BCUT2D eigenvalue weighted by atomic mass is 16.7. The third-order valence-electron chi connectivity index (χ3n) is 4.50. The van der Waals surface area contributed by atoms with E-state index in [2.05, 4.69) is 32.9 Å². The van der Waals surface area contributed by atoms with Gasteiger partial charge in [0.25, 0.3) is 0 Å². The van der Waals surface area contributed by atoms with Crippen molar-refractivity contribution in [2.45, 2.75) is 58.4 Å². The van der Waals surface area contributed by atoms with E-state index < -0.39 is 0 Å². The Morgan fingerprint density at radius 2 is 1.86 bits per heavy atom. The van der Waals surface area contributed by atoms with E-state index >= 15 is 0 Å². The number of hydrogen-bond donors (Lipinski definition) is 0. The molecule has 2 fully saturated rings. The predicted octanol–water partition coefficient (Wildman–Crippen LogP) is 2.66. The number of rotatable bonds is 4. The van der Waals surface area contributed by atoms with Crippen molar-refractivity contribution in [3.63, 3.8) is 0 Å². The molecule has 0 amide bonds. The number of aryl methyl sites for hydroxylation is 3. The Morgan fingerprint density at radius 3 is 2.52 bits per heavy atom. The van der Waals surface area contributed by atoms with Crippen molar-refractivity contribution in [3.8, 4) is 0 Å². The molecule has 0 saturated carbocycles. The second-order valence-electron chi connectivity index (χ2n) is 6.11. The summed E-state index contributed by atoms with van der Waals surface area (Å²) in [6.45, 7) is 7.62. The van der Waals surface area contributed by atoms with Gasteiger partial charge in [-0.1, -0.05) is 17.7 Å². The van der Waals surface area contributed by atoms with Crippen LogP contribution < -0.4 is 0 Å². The van der Waals surface area contributed by atoms with Crippen molar-refractivity contribution < 1.29 is 18.9 Å². The van der Waals surface area contributed by atoms with E-state index in [4.69, 9.17) is 18.9 Å². The van der Waals surface area contributed by atoms with Gasteiger partial charge in [0.2, 0.25) is 0 Å². The van der Waals surface area contributed by atoms with Gasteiger partial charge in [-0.15, -0.1) is 0 Å². The average molecular weight is 292 g/mol. The van der Waals surface area contributed by atoms with Gasteiger partial charge in [-0.2, -0.15) is 0 Å². The molecule has 1 aromatic carbocycles. The van der Waals surface area contributed by atoms with Gasteiger partial charge in [-0.25, -0.2) is 0 Å². The van der Waals surface area contributed by atoms with Crippen LogP contribution in [0, 0.1) is 20.8 Å². The van der Waals surface area contributed by atoms with E-state index in [-0.39, 0.29) is 24.6 Å². The maximum atomic E-state index is 6.15. The molecule has 116 valence electrons. The van der Waals surface area contributed by atoms with Crippen molar-refractivity contribution in [1.82, 2.24) is 0 Å². The highest BCUT2D eigenvalue weighted by Crippen LogP contribution is 2.32. The summed E-state index contributed by atoms with van der Waals surface area (Å²) < 4.78 is 23.0. The quantitative estimate of drug-likeness (QED) is 0.855. The standard InChI is InChI=1S/C17H24O4/c1-10-5-11(2)13(12(3)6-10)8-19-14-7-15(18-4)17-20-9-16(14)21-17/h5-6,14-17H,7-9H2,1-4H3/t14-,15+,16+,17+/m0/s1. The molecule has 2 aliphatic rings. The monoisotopic (exact) mass is 292 g/mol. The second-order valence-corrected chi connectivity index (χ2v) is 6.11. The van der Waals surface area contributed by atoms with Crippen LogP contribution in [0.15, 0.2) is 12.1 Å². The fraction of sp³-hybridized carbons (Fsp3) is 0.647. The molecule has 4 heteroatoms. The average Bonchev–Trinajstić information content (AvgIpc) is 2.84. The summed E-state index contributed by atoms with van der Waals surface area (Å²) in [7, 11) is 1.70. The van der Waals surface area contributed by atoms with Crippen molar-refractivity contribution in [2.75, 3.05) is 13.7 Å². The zero-order chi connectivity index (χ0) is 15.0. The maximum Gasteiger partial charge on any atom is 0.184 e. The van der Waals surface area contributed by atoms with Crippen LogP contribution in [-0.2, 0) is 25.6 Å². The molecule has 21 heavy (non-hydrogen) atoms. The van der Waals surface area contributed by atoms with Crippen molar-refractivity contribution >= 4 is 0 Å². The van der Waals surface area contributed by atoms with Crippen LogP contribution in [0.2, 0.25) is 0 Å². The van der Waals surface area contributed by atoms with Crippen LogP contribution in [0.1, 0.15) is 28.7 Å². The zero-order valence-electron chi connectivity index (χ0n) is 13.2. The van der Waals surface area contributed by atoms with E-state index in [1.807, 2.05) is 0 Å². The lowest BCUT2D eigenvalue weighted by atomic mass is 10.00. The molecular weight excluding hydrogens is 268 g/mol. The maximum absolute atomic E-state index is 6.15. The summed E-state index contributed by atoms with van der Waals surface area (Å²) in [5.74, 6) is 0. The molecule has 2 bridgehead atoms. The zero-order valence-corrected chi connectivity index (χ0v) is 13.2. The lowest BCUT2D eigenvalue weighted by Gasteiger charge is -2.32. The molecule has 4 nitrogen and oxygen atoms in total. The van der Waals surface area contributed by atoms with E-state index in [1.54, 1.807) is 7.11 Å². The molecule has 2 aliphatic heterocycles. The molecule has 0 radical (unpaired) electrons. The van der Waals surface area contributed by atoms with Gasteiger partial charge in [-0.3, -0.25) is 0 Å². The van der Waals surface area contributed by atoms with Crippen LogP contribution in [0.3, 0.4) is 0 Å². The van der Waals surface area contributed by atoms with E-state index in [0.717, 1.165) is 6.42 Å². The first-order valence-electron chi connectivity index (χ1n) is 7.56. The minimum absolute atomic E-state index is 0.0334. The molecule has 0 unspecified atom stereocenters. The molecule has 2 saturated heterocycles. The SMILES string of the molecule is CO[C@@H]1C[C@H](OCc2c(C)cc(C)cc2C)[C@H]2CO[C@@H]1O2. The summed E-state index contributed by atoms with van der Waals surface area (Å²) >= 11 is 0. The molecular formula is C17H24O4. The Bertz CT molecular complexity index is 491. The van der Waals surface area contributed by atoms with Crippen LogP contribution >= 0.6 is 0 Å². The fourth-order valence-electron chi connectivity index (χ4n) is 3.33. The second kappa shape index (κ2) is 6.05. The van der Waals surface area contributed by atoms with Gasteiger partial charge in [-0.05, 0) is 37.5 Å². The molecule has 2 heterocycles. The normalized spacial score (nSPS) is 31.6. The number of hydrogen-bond acceptors (Lipinski definition) is 4. The Kier molecular flexibility index (Phi) is 4.31. The molecule has 1 aromatic rings. The van der Waals surface area contributed by atoms with Gasteiger partial charge >= 0.3 is 0 Å². The Hall–Kier alpha value is -0.940. The summed E-state index contributed by atoms with van der Waals surface area (Å²) in [6.07, 6.45) is 0.647. The van der Waals surface area contributed by atoms with Crippen LogP contribution in [-0.4, -0.2) is 38.3 Å². The lowest BCUT2D eigenvalue weighted by molar-refractivity contribution is -0.201. The number of fused-ring (bicyclic) bond motifs is 2. The third-order valence-corrected chi connectivity index (χ3v) is 4.50. The van der Waals surface area contributed by atoms with Crippen molar-refractivity contribution in [2.24, 2.45) is 0 Å². The van der Waals surface area contributed by atoms with Gasteiger partial charge in [0.1, 0.15) is 12.2 Å². The highest BCUT2D eigenvalue weighted by molar-refractivity contribution is 5.36. The minimum atomic E-state index is -0.220. The van der Waals surface area contributed by atoms with Crippen LogP contribution in [0.4, 0.5) is 0 Å². The summed E-state index contributed by atoms with van der Waals surface area (Å²) in [5.41, 5.74) is 5.14. The number of ether oxygens (including phenoxy) is 4. The Balaban J connectivity index is 1.67. The molecule has 3 rings (SSSR count). The summed E-state index contributed by atoms with van der Waals surface area (Å²) in [5, 5.41) is 0. The van der Waals surface area contributed by atoms with Crippen LogP contribution in [0.5, 0.6) is 0 Å². The van der Waals surface area contributed by atoms with Crippen LogP contribution in [0.25, 0.3) is 0 Å². The minimum Gasteiger partial charge on any atom is -0.376 e. The first kappa shape index (κ1) is 15.0. The lowest BCUT2D eigenvalue weighted by Crippen LogP contribution is -2.44. The Labute approximate surface area is 126 Å².